The summed E-state index contributed by atoms with van der Waals surface area (Å²) in [6.45, 7) is 0. The molecule has 2 rings (SSSR count). The number of halogens is 3. The number of nitro benzene ring substituents is 1. The van der Waals surface area contributed by atoms with Crippen molar-refractivity contribution in [2.75, 3.05) is 5.32 Å². The zero-order valence-electron chi connectivity index (χ0n) is 10.3. The first-order chi connectivity index (χ1) is 9.88. The molecule has 108 valence electrons. The van der Waals surface area contributed by atoms with Crippen LogP contribution in [0, 0.1) is 15.9 Å². The van der Waals surface area contributed by atoms with Gasteiger partial charge in [0, 0.05) is 21.1 Å². The Labute approximate surface area is 135 Å². The number of anilines is 1. The van der Waals surface area contributed by atoms with Crippen LogP contribution in [0.15, 0.2) is 45.3 Å². The van der Waals surface area contributed by atoms with Gasteiger partial charge in [0.15, 0.2) is 0 Å². The number of nitrogens with zero attached hydrogens (tertiary/aromatic N) is 1. The third-order valence-corrected chi connectivity index (χ3v) is 3.77. The third kappa shape index (κ3) is 3.64. The van der Waals surface area contributed by atoms with Crippen molar-refractivity contribution in [3.8, 4) is 0 Å². The number of amides is 1. The molecule has 2 aromatic rings. The lowest BCUT2D eigenvalue weighted by Crippen LogP contribution is -2.14. The second-order valence-corrected chi connectivity index (χ2v) is 5.77. The molecular formula is C13H7Br2FN2O3. The van der Waals surface area contributed by atoms with Gasteiger partial charge in [0.05, 0.1) is 16.2 Å². The number of carbonyl (C=O) groups is 1. The minimum absolute atomic E-state index is 0.164. The lowest BCUT2D eigenvalue weighted by Gasteiger charge is -2.08. The molecule has 0 aromatic heterocycles. The zero-order chi connectivity index (χ0) is 15.6. The Morgan fingerprint density at radius 3 is 2.57 bits per heavy atom. The Morgan fingerprint density at radius 1 is 1.19 bits per heavy atom. The Hall–Kier alpha value is -1.80. The van der Waals surface area contributed by atoms with Gasteiger partial charge in [-0.1, -0.05) is 15.9 Å². The fraction of sp³-hybridized carbons (Fsp3) is 0. The van der Waals surface area contributed by atoms with Gasteiger partial charge in [0.25, 0.3) is 11.6 Å². The maximum Gasteiger partial charge on any atom is 0.271 e. The largest absolute Gasteiger partial charge is 0.321 e. The van der Waals surface area contributed by atoms with E-state index in [1.165, 1.54) is 30.3 Å². The van der Waals surface area contributed by atoms with Gasteiger partial charge in [-0.3, -0.25) is 14.9 Å². The van der Waals surface area contributed by atoms with Gasteiger partial charge in [-0.25, -0.2) is 4.39 Å². The van der Waals surface area contributed by atoms with Crippen molar-refractivity contribution in [2.45, 2.75) is 0 Å². The molecule has 0 radical (unpaired) electrons. The van der Waals surface area contributed by atoms with E-state index in [1.54, 1.807) is 0 Å². The van der Waals surface area contributed by atoms with Crippen LogP contribution in [0.1, 0.15) is 10.4 Å². The highest BCUT2D eigenvalue weighted by Gasteiger charge is 2.16. The van der Waals surface area contributed by atoms with Crippen LogP contribution < -0.4 is 5.32 Å². The fourth-order valence-electron chi connectivity index (χ4n) is 1.58. The van der Waals surface area contributed by atoms with Gasteiger partial charge in [-0.15, -0.1) is 0 Å². The Bertz CT molecular complexity index is 737. The average molecular weight is 418 g/mol. The van der Waals surface area contributed by atoms with Crippen LogP contribution in [0.25, 0.3) is 0 Å². The van der Waals surface area contributed by atoms with E-state index in [1.807, 2.05) is 0 Å². The van der Waals surface area contributed by atoms with Crippen LogP contribution in [0.2, 0.25) is 0 Å². The second-order valence-electron chi connectivity index (χ2n) is 4.00. The number of benzene rings is 2. The molecule has 1 N–H and O–H groups in total. The summed E-state index contributed by atoms with van der Waals surface area (Å²) >= 11 is 6.32. The predicted octanol–water partition coefficient (Wildman–Crippen LogP) is 4.51. The molecule has 0 heterocycles. The highest BCUT2D eigenvalue weighted by atomic mass is 79.9. The van der Waals surface area contributed by atoms with Crippen molar-refractivity contribution >= 4 is 49.1 Å². The summed E-state index contributed by atoms with van der Waals surface area (Å²) in [4.78, 5) is 22.2. The first-order valence-electron chi connectivity index (χ1n) is 5.59. The van der Waals surface area contributed by atoms with Crippen LogP contribution >= 0.6 is 31.9 Å². The second kappa shape index (κ2) is 6.31. The maximum absolute atomic E-state index is 13.6. The van der Waals surface area contributed by atoms with Crippen LogP contribution in [0.4, 0.5) is 15.8 Å². The molecule has 1 amide bonds. The molecule has 0 saturated carbocycles. The molecule has 8 heteroatoms. The predicted molar refractivity (Wildman–Crippen MR) is 82.8 cm³/mol. The van der Waals surface area contributed by atoms with E-state index in [4.69, 9.17) is 0 Å². The van der Waals surface area contributed by atoms with Crippen LogP contribution in [-0.2, 0) is 0 Å². The number of nitro groups is 1. The molecule has 0 aliphatic carbocycles. The lowest BCUT2D eigenvalue weighted by atomic mass is 10.2. The SMILES string of the molecule is O=C(Nc1cc([N+](=O)[O-])ccc1Br)c1cc(Br)ccc1F. The third-order valence-electron chi connectivity index (χ3n) is 2.58. The van der Waals surface area contributed by atoms with E-state index in [9.17, 15) is 19.3 Å². The van der Waals surface area contributed by atoms with E-state index in [2.05, 4.69) is 37.2 Å². The normalized spacial score (nSPS) is 10.2. The Kier molecular flexibility index (Phi) is 4.69. The Balaban J connectivity index is 2.33. The summed E-state index contributed by atoms with van der Waals surface area (Å²) in [7, 11) is 0. The van der Waals surface area contributed by atoms with E-state index in [0.717, 1.165) is 6.07 Å². The molecule has 0 atom stereocenters. The minimum Gasteiger partial charge on any atom is -0.321 e. The van der Waals surface area contributed by atoms with E-state index < -0.39 is 16.6 Å². The first-order valence-corrected chi connectivity index (χ1v) is 7.17. The van der Waals surface area contributed by atoms with Gasteiger partial charge in [-0.05, 0) is 40.2 Å². The quantitative estimate of drug-likeness (QED) is 0.589. The topological polar surface area (TPSA) is 72.2 Å². The molecule has 2 aromatic carbocycles. The van der Waals surface area contributed by atoms with Gasteiger partial charge < -0.3 is 5.32 Å². The summed E-state index contributed by atoms with van der Waals surface area (Å²) < 4.78 is 14.6. The van der Waals surface area contributed by atoms with Gasteiger partial charge in [-0.2, -0.15) is 0 Å². The highest BCUT2D eigenvalue weighted by Crippen LogP contribution is 2.28. The van der Waals surface area contributed by atoms with E-state index >= 15 is 0 Å². The smallest absolute Gasteiger partial charge is 0.271 e. The van der Waals surface area contributed by atoms with Crippen LogP contribution in [0.5, 0.6) is 0 Å². The van der Waals surface area contributed by atoms with Gasteiger partial charge >= 0.3 is 0 Å². The standard InChI is InChI=1S/C13H7Br2FN2O3/c14-7-1-4-11(16)9(5-7)13(19)17-12-6-8(18(20)21)2-3-10(12)15/h1-6H,(H,17,19). The number of hydrogen-bond acceptors (Lipinski definition) is 3. The fourth-order valence-corrected chi connectivity index (χ4v) is 2.29. The minimum atomic E-state index is -0.699. The molecule has 0 aliphatic rings. The van der Waals surface area contributed by atoms with Gasteiger partial charge in [0.2, 0.25) is 0 Å². The average Bonchev–Trinajstić information content (AvgIpc) is 2.43. The van der Waals surface area contributed by atoms with Gasteiger partial charge in [0.1, 0.15) is 5.82 Å². The summed E-state index contributed by atoms with van der Waals surface area (Å²) in [5.74, 6) is -1.38. The molecule has 0 spiro atoms. The van der Waals surface area contributed by atoms with Crippen molar-refractivity contribution in [3.05, 3.63) is 66.8 Å². The summed E-state index contributed by atoms with van der Waals surface area (Å²) in [6, 6.07) is 7.87. The number of non-ortho nitro benzene ring substituents is 1. The van der Waals surface area contributed by atoms with Crippen LogP contribution in [0.3, 0.4) is 0 Å². The van der Waals surface area contributed by atoms with Crippen molar-refractivity contribution in [2.24, 2.45) is 0 Å². The molecular weight excluding hydrogens is 411 g/mol. The number of carbonyl (C=O) groups excluding carboxylic acids is 1. The Morgan fingerprint density at radius 2 is 1.90 bits per heavy atom. The van der Waals surface area contributed by atoms with Crippen molar-refractivity contribution in [1.29, 1.82) is 0 Å². The van der Waals surface area contributed by atoms with E-state index in [0.29, 0.717) is 8.95 Å². The summed E-state index contributed by atoms with van der Waals surface area (Å²) in [5.41, 5.74) is -0.153. The van der Waals surface area contributed by atoms with Crippen molar-refractivity contribution < 1.29 is 14.1 Å². The molecule has 0 bridgehead atoms. The first kappa shape index (κ1) is 15.6. The van der Waals surface area contributed by atoms with Crippen molar-refractivity contribution in [3.63, 3.8) is 0 Å². The lowest BCUT2D eigenvalue weighted by molar-refractivity contribution is -0.384. The summed E-state index contributed by atoms with van der Waals surface area (Å²) in [6.07, 6.45) is 0. The van der Waals surface area contributed by atoms with Crippen molar-refractivity contribution in [1.82, 2.24) is 0 Å². The summed E-state index contributed by atoms with van der Waals surface area (Å²) in [5, 5.41) is 13.2. The molecule has 0 saturated heterocycles. The molecule has 0 aliphatic heterocycles. The number of nitrogens with one attached hydrogen (secondary N) is 1. The monoisotopic (exact) mass is 416 g/mol. The molecule has 0 unspecified atom stereocenters. The van der Waals surface area contributed by atoms with Crippen LogP contribution in [-0.4, -0.2) is 10.8 Å². The van der Waals surface area contributed by atoms with E-state index in [-0.39, 0.29) is 16.9 Å². The zero-order valence-corrected chi connectivity index (χ0v) is 13.4. The number of hydrogen-bond donors (Lipinski definition) is 1. The maximum atomic E-state index is 13.6. The number of rotatable bonds is 3. The molecule has 21 heavy (non-hydrogen) atoms. The highest BCUT2D eigenvalue weighted by molar-refractivity contribution is 9.10. The molecule has 5 nitrogen and oxygen atoms in total. The molecule has 0 fully saturated rings.